The number of fused-ring (bicyclic) bond motifs is 1. The molecule has 1 aliphatic rings. The number of rotatable bonds is 2. The Morgan fingerprint density at radius 3 is 2.71 bits per heavy atom. The standard InChI is InChI=1S/C11H11BrO5/c1-15-11(14)8(13)6-2-3-7(12)10-9(6)16-4-5-17-10/h2-3,8,13H,4-5H2,1H3. The summed E-state index contributed by atoms with van der Waals surface area (Å²) in [5, 5.41) is 9.81. The Bertz CT molecular complexity index is 446. The SMILES string of the molecule is COC(=O)C(O)c1ccc(Br)c2c1OCCO2. The molecule has 5 nitrogen and oxygen atoms in total. The van der Waals surface area contributed by atoms with Crippen LogP contribution in [-0.2, 0) is 9.53 Å². The third kappa shape index (κ3) is 2.23. The molecular formula is C11H11BrO5. The minimum atomic E-state index is -1.37. The number of ether oxygens (including phenoxy) is 3. The van der Waals surface area contributed by atoms with E-state index >= 15 is 0 Å². The molecule has 92 valence electrons. The van der Waals surface area contributed by atoms with Gasteiger partial charge in [0.2, 0.25) is 0 Å². The van der Waals surface area contributed by atoms with Gasteiger partial charge in [-0.1, -0.05) is 6.07 Å². The van der Waals surface area contributed by atoms with Crippen molar-refractivity contribution in [2.24, 2.45) is 0 Å². The fourth-order valence-electron chi connectivity index (χ4n) is 1.58. The highest BCUT2D eigenvalue weighted by atomic mass is 79.9. The van der Waals surface area contributed by atoms with Gasteiger partial charge < -0.3 is 19.3 Å². The molecule has 1 aromatic carbocycles. The number of halogens is 1. The van der Waals surface area contributed by atoms with Crippen LogP contribution in [0.25, 0.3) is 0 Å². The molecule has 0 aliphatic carbocycles. The lowest BCUT2D eigenvalue weighted by Gasteiger charge is -2.23. The van der Waals surface area contributed by atoms with Crippen molar-refractivity contribution in [2.75, 3.05) is 20.3 Å². The normalized spacial score (nSPS) is 15.2. The predicted octanol–water partition coefficient (Wildman–Crippen LogP) is 1.43. The molecule has 1 unspecified atom stereocenters. The van der Waals surface area contributed by atoms with E-state index in [-0.39, 0.29) is 0 Å². The van der Waals surface area contributed by atoms with Gasteiger partial charge in [-0.05, 0) is 22.0 Å². The number of carbonyl (C=O) groups excluding carboxylic acids is 1. The van der Waals surface area contributed by atoms with Crippen LogP contribution < -0.4 is 9.47 Å². The van der Waals surface area contributed by atoms with Crippen molar-refractivity contribution in [3.05, 3.63) is 22.2 Å². The van der Waals surface area contributed by atoms with Crippen LogP contribution in [0, 0.1) is 0 Å². The molecule has 0 bridgehead atoms. The Labute approximate surface area is 106 Å². The van der Waals surface area contributed by atoms with Gasteiger partial charge in [-0.15, -0.1) is 0 Å². The van der Waals surface area contributed by atoms with E-state index in [0.29, 0.717) is 34.7 Å². The molecule has 17 heavy (non-hydrogen) atoms. The number of hydrogen-bond donors (Lipinski definition) is 1. The van der Waals surface area contributed by atoms with Gasteiger partial charge in [-0.3, -0.25) is 0 Å². The second kappa shape index (κ2) is 4.93. The third-order valence-corrected chi connectivity index (χ3v) is 3.01. The topological polar surface area (TPSA) is 65.0 Å². The number of aliphatic hydroxyl groups is 1. The van der Waals surface area contributed by atoms with Gasteiger partial charge in [0.15, 0.2) is 17.6 Å². The van der Waals surface area contributed by atoms with E-state index in [9.17, 15) is 9.90 Å². The van der Waals surface area contributed by atoms with E-state index in [1.165, 1.54) is 7.11 Å². The van der Waals surface area contributed by atoms with Crippen molar-refractivity contribution in [2.45, 2.75) is 6.10 Å². The lowest BCUT2D eigenvalue weighted by molar-refractivity contribution is -0.150. The van der Waals surface area contributed by atoms with Crippen LogP contribution in [0.1, 0.15) is 11.7 Å². The molecule has 1 heterocycles. The molecule has 1 atom stereocenters. The Morgan fingerprint density at radius 1 is 1.41 bits per heavy atom. The first-order valence-corrected chi connectivity index (χ1v) is 5.78. The second-order valence-corrected chi connectivity index (χ2v) is 4.27. The number of benzene rings is 1. The van der Waals surface area contributed by atoms with E-state index in [2.05, 4.69) is 20.7 Å². The maximum atomic E-state index is 11.3. The number of carbonyl (C=O) groups is 1. The van der Waals surface area contributed by atoms with E-state index in [0.717, 1.165) is 0 Å². The van der Waals surface area contributed by atoms with Gasteiger partial charge in [0.05, 0.1) is 11.6 Å². The maximum absolute atomic E-state index is 11.3. The molecule has 0 saturated carbocycles. The van der Waals surface area contributed by atoms with Crippen molar-refractivity contribution >= 4 is 21.9 Å². The molecule has 1 aliphatic heterocycles. The average Bonchev–Trinajstić information content (AvgIpc) is 2.38. The van der Waals surface area contributed by atoms with Crippen LogP contribution in [0.4, 0.5) is 0 Å². The van der Waals surface area contributed by atoms with Crippen molar-refractivity contribution in [3.8, 4) is 11.5 Å². The molecule has 0 aromatic heterocycles. The van der Waals surface area contributed by atoms with E-state index in [4.69, 9.17) is 9.47 Å². The van der Waals surface area contributed by atoms with Crippen molar-refractivity contribution < 1.29 is 24.1 Å². The lowest BCUT2D eigenvalue weighted by atomic mass is 10.1. The van der Waals surface area contributed by atoms with Crippen LogP contribution in [0.15, 0.2) is 16.6 Å². The number of methoxy groups -OCH3 is 1. The second-order valence-electron chi connectivity index (χ2n) is 3.42. The van der Waals surface area contributed by atoms with Crippen molar-refractivity contribution in [3.63, 3.8) is 0 Å². The van der Waals surface area contributed by atoms with Gasteiger partial charge in [-0.2, -0.15) is 0 Å². The van der Waals surface area contributed by atoms with E-state index in [1.54, 1.807) is 12.1 Å². The zero-order chi connectivity index (χ0) is 12.4. The molecule has 1 aromatic rings. The summed E-state index contributed by atoms with van der Waals surface area (Å²) >= 11 is 3.32. The molecule has 0 fully saturated rings. The average molecular weight is 303 g/mol. The smallest absolute Gasteiger partial charge is 0.339 e. The molecular weight excluding hydrogens is 292 g/mol. The Kier molecular flexibility index (Phi) is 3.54. The largest absolute Gasteiger partial charge is 0.486 e. The molecule has 0 saturated heterocycles. The van der Waals surface area contributed by atoms with Crippen molar-refractivity contribution in [1.29, 1.82) is 0 Å². The first kappa shape index (κ1) is 12.2. The molecule has 2 rings (SSSR count). The van der Waals surface area contributed by atoms with E-state index in [1.807, 2.05) is 0 Å². The number of esters is 1. The summed E-state index contributed by atoms with van der Waals surface area (Å²) in [5.74, 6) is 0.143. The quantitative estimate of drug-likeness (QED) is 0.837. The van der Waals surface area contributed by atoms with Crippen LogP contribution in [0.3, 0.4) is 0 Å². The van der Waals surface area contributed by atoms with Gasteiger partial charge in [0.1, 0.15) is 13.2 Å². The Morgan fingerprint density at radius 2 is 2.06 bits per heavy atom. The Hall–Kier alpha value is -1.27. The molecule has 0 spiro atoms. The first-order valence-electron chi connectivity index (χ1n) is 4.99. The molecule has 1 N–H and O–H groups in total. The molecule has 6 heteroatoms. The minimum Gasteiger partial charge on any atom is -0.486 e. The van der Waals surface area contributed by atoms with Crippen LogP contribution in [0.5, 0.6) is 11.5 Å². The zero-order valence-corrected chi connectivity index (χ0v) is 10.7. The highest BCUT2D eigenvalue weighted by Gasteiger charge is 2.27. The van der Waals surface area contributed by atoms with E-state index < -0.39 is 12.1 Å². The summed E-state index contributed by atoms with van der Waals surface area (Å²) in [6.45, 7) is 0.813. The summed E-state index contributed by atoms with van der Waals surface area (Å²) in [5.41, 5.74) is 0.342. The summed E-state index contributed by atoms with van der Waals surface area (Å²) in [7, 11) is 1.22. The summed E-state index contributed by atoms with van der Waals surface area (Å²) < 4.78 is 16.1. The minimum absolute atomic E-state index is 0.342. The third-order valence-electron chi connectivity index (χ3n) is 2.39. The molecule has 0 radical (unpaired) electrons. The Balaban J connectivity index is 2.44. The number of hydrogen-bond acceptors (Lipinski definition) is 5. The number of aliphatic hydroxyl groups excluding tert-OH is 1. The fourth-order valence-corrected chi connectivity index (χ4v) is 2.01. The van der Waals surface area contributed by atoms with Crippen molar-refractivity contribution in [1.82, 2.24) is 0 Å². The first-order chi connectivity index (χ1) is 8.15. The van der Waals surface area contributed by atoms with Gasteiger partial charge in [0.25, 0.3) is 0 Å². The highest BCUT2D eigenvalue weighted by Crippen LogP contribution is 2.42. The van der Waals surface area contributed by atoms with Crippen LogP contribution in [0.2, 0.25) is 0 Å². The maximum Gasteiger partial charge on any atom is 0.339 e. The van der Waals surface area contributed by atoms with Gasteiger partial charge in [0, 0.05) is 5.56 Å². The van der Waals surface area contributed by atoms with Crippen LogP contribution in [-0.4, -0.2) is 31.4 Å². The summed E-state index contributed by atoms with van der Waals surface area (Å²) in [6.07, 6.45) is -1.37. The lowest BCUT2D eigenvalue weighted by Crippen LogP contribution is -2.20. The van der Waals surface area contributed by atoms with Crippen LogP contribution >= 0.6 is 15.9 Å². The highest BCUT2D eigenvalue weighted by molar-refractivity contribution is 9.10. The van der Waals surface area contributed by atoms with Gasteiger partial charge >= 0.3 is 5.97 Å². The fraction of sp³-hybridized carbons (Fsp3) is 0.364. The summed E-state index contributed by atoms with van der Waals surface area (Å²) in [6, 6.07) is 3.29. The zero-order valence-electron chi connectivity index (χ0n) is 9.10. The molecule has 0 amide bonds. The van der Waals surface area contributed by atoms with Gasteiger partial charge in [-0.25, -0.2) is 4.79 Å². The summed E-state index contributed by atoms with van der Waals surface area (Å²) in [4.78, 5) is 11.3. The predicted molar refractivity (Wildman–Crippen MR) is 62.1 cm³/mol. The monoisotopic (exact) mass is 302 g/mol.